The smallest absolute Gasteiger partial charge is 0.328 e. The molecular weight excluding hydrogens is 468 g/mol. The van der Waals surface area contributed by atoms with Gasteiger partial charge in [0.1, 0.15) is 18.5 Å². The molecule has 1 aliphatic heterocycles. The van der Waals surface area contributed by atoms with Gasteiger partial charge in [-0.1, -0.05) is 35.3 Å². The summed E-state index contributed by atoms with van der Waals surface area (Å²) in [6, 6.07) is 7.92. The lowest BCUT2D eigenvalue weighted by molar-refractivity contribution is -0.148. The van der Waals surface area contributed by atoms with Crippen molar-refractivity contribution in [2.24, 2.45) is 0 Å². The van der Waals surface area contributed by atoms with Crippen molar-refractivity contribution < 1.29 is 28.2 Å². The Morgan fingerprint density at radius 2 is 1.90 bits per heavy atom. The molecule has 1 heterocycles. The second-order valence-electron chi connectivity index (χ2n) is 6.48. The molecule has 0 saturated carbocycles. The molecule has 2 aromatic rings. The number of thioether (sulfide) groups is 1. The SMILES string of the molecule is COC(=O)[C@@H](C)N1C(=O)S/C(=C/c2cc(Cl)c(OCc3cccc(F)c3)c(Cl)c2)C1=O. The number of hydrogen-bond donors (Lipinski definition) is 0. The van der Waals surface area contributed by atoms with Crippen LogP contribution in [-0.4, -0.2) is 35.2 Å². The van der Waals surface area contributed by atoms with E-state index >= 15 is 0 Å². The Hall–Kier alpha value is -2.55. The van der Waals surface area contributed by atoms with Crippen LogP contribution in [0.2, 0.25) is 10.0 Å². The Bertz CT molecular complexity index is 1070. The highest BCUT2D eigenvalue weighted by atomic mass is 35.5. The minimum atomic E-state index is -1.05. The van der Waals surface area contributed by atoms with Gasteiger partial charge in [0.15, 0.2) is 5.75 Å². The zero-order chi connectivity index (χ0) is 22.7. The molecule has 1 aliphatic rings. The van der Waals surface area contributed by atoms with E-state index in [9.17, 15) is 18.8 Å². The molecule has 2 amide bonds. The molecule has 1 saturated heterocycles. The van der Waals surface area contributed by atoms with Crippen LogP contribution in [0.3, 0.4) is 0 Å². The summed E-state index contributed by atoms with van der Waals surface area (Å²) in [5, 5.41) is -0.226. The molecule has 1 atom stereocenters. The first kappa shape index (κ1) is 23.1. The van der Waals surface area contributed by atoms with Crippen molar-refractivity contribution in [3.05, 3.63) is 68.3 Å². The fourth-order valence-electron chi connectivity index (χ4n) is 2.82. The summed E-state index contributed by atoms with van der Waals surface area (Å²) in [7, 11) is 1.18. The Morgan fingerprint density at radius 1 is 1.23 bits per heavy atom. The number of ether oxygens (including phenoxy) is 2. The first-order valence-corrected chi connectivity index (χ1v) is 10.5. The average molecular weight is 484 g/mol. The zero-order valence-corrected chi connectivity index (χ0v) is 18.7. The Labute approximate surface area is 191 Å². The van der Waals surface area contributed by atoms with Crippen molar-refractivity contribution in [3.8, 4) is 5.75 Å². The van der Waals surface area contributed by atoms with Gasteiger partial charge < -0.3 is 9.47 Å². The number of hydrogen-bond acceptors (Lipinski definition) is 6. The Morgan fingerprint density at radius 3 is 2.52 bits per heavy atom. The predicted octanol–water partition coefficient (Wildman–Crippen LogP) is 5.31. The maximum absolute atomic E-state index is 13.3. The molecule has 1 fully saturated rings. The summed E-state index contributed by atoms with van der Waals surface area (Å²) >= 11 is 13.3. The van der Waals surface area contributed by atoms with Crippen LogP contribution in [0.5, 0.6) is 5.75 Å². The van der Waals surface area contributed by atoms with Crippen LogP contribution in [-0.2, 0) is 20.9 Å². The monoisotopic (exact) mass is 483 g/mol. The summed E-state index contributed by atoms with van der Waals surface area (Å²) in [6.45, 7) is 1.46. The number of imide groups is 1. The number of rotatable bonds is 6. The molecule has 0 spiro atoms. The van der Waals surface area contributed by atoms with Crippen LogP contribution in [0.4, 0.5) is 9.18 Å². The van der Waals surface area contributed by atoms with Gasteiger partial charge in [0, 0.05) is 0 Å². The quantitative estimate of drug-likeness (QED) is 0.409. The standard InChI is InChI=1S/C21H16Cl2FNO5S/c1-11(20(27)29-2)25-19(26)17(31-21(25)28)9-13-7-15(22)18(16(23)8-13)30-10-12-4-3-5-14(24)6-12/h3-9,11H,10H2,1-2H3/b17-9+/t11-/m1/s1. The molecule has 3 rings (SSSR count). The maximum Gasteiger partial charge on any atom is 0.328 e. The van der Waals surface area contributed by atoms with Gasteiger partial charge in [-0.25, -0.2) is 9.18 Å². The molecule has 0 aliphatic carbocycles. The molecule has 10 heteroatoms. The predicted molar refractivity (Wildman–Crippen MR) is 116 cm³/mol. The van der Waals surface area contributed by atoms with E-state index in [0.29, 0.717) is 22.9 Å². The molecule has 0 bridgehead atoms. The van der Waals surface area contributed by atoms with E-state index in [4.69, 9.17) is 27.9 Å². The van der Waals surface area contributed by atoms with Crippen molar-refractivity contribution >= 4 is 58.2 Å². The van der Waals surface area contributed by atoms with E-state index in [2.05, 4.69) is 4.74 Å². The van der Waals surface area contributed by atoms with Crippen LogP contribution >= 0.6 is 35.0 Å². The largest absolute Gasteiger partial charge is 0.486 e. The molecular formula is C21H16Cl2FNO5S. The maximum atomic E-state index is 13.3. The van der Waals surface area contributed by atoms with Crippen LogP contribution < -0.4 is 4.74 Å². The number of carbonyl (C=O) groups is 3. The summed E-state index contributed by atoms with van der Waals surface area (Å²) in [5.74, 6) is -1.50. The van der Waals surface area contributed by atoms with Gasteiger partial charge in [0.05, 0.1) is 22.1 Å². The van der Waals surface area contributed by atoms with E-state index in [1.807, 2.05) is 0 Å². The number of methoxy groups -OCH3 is 1. The summed E-state index contributed by atoms with van der Waals surface area (Å²) < 4.78 is 23.5. The number of nitrogens with zero attached hydrogens (tertiary/aromatic N) is 1. The van der Waals surface area contributed by atoms with Crippen molar-refractivity contribution in [2.45, 2.75) is 19.6 Å². The van der Waals surface area contributed by atoms with E-state index in [1.54, 1.807) is 12.1 Å². The van der Waals surface area contributed by atoms with Crippen molar-refractivity contribution in [3.63, 3.8) is 0 Å². The molecule has 162 valence electrons. The highest BCUT2D eigenvalue weighted by Gasteiger charge is 2.41. The van der Waals surface area contributed by atoms with Gasteiger partial charge in [-0.15, -0.1) is 0 Å². The minimum Gasteiger partial charge on any atom is -0.486 e. The summed E-state index contributed by atoms with van der Waals surface area (Å²) in [6.07, 6.45) is 1.45. The van der Waals surface area contributed by atoms with Crippen LogP contribution in [0.25, 0.3) is 6.08 Å². The van der Waals surface area contributed by atoms with Crippen molar-refractivity contribution in [1.82, 2.24) is 4.90 Å². The average Bonchev–Trinajstić information content (AvgIpc) is 2.99. The third kappa shape index (κ3) is 5.20. The molecule has 2 aromatic carbocycles. The minimum absolute atomic E-state index is 0.0564. The van der Waals surface area contributed by atoms with E-state index in [0.717, 1.165) is 4.90 Å². The number of esters is 1. The number of amides is 2. The topological polar surface area (TPSA) is 72.9 Å². The number of carbonyl (C=O) groups excluding carboxylic acids is 3. The van der Waals surface area contributed by atoms with Gasteiger partial charge in [-0.3, -0.25) is 14.5 Å². The van der Waals surface area contributed by atoms with Gasteiger partial charge in [0.25, 0.3) is 11.1 Å². The molecule has 0 radical (unpaired) electrons. The van der Waals surface area contributed by atoms with Gasteiger partial charge in [0.2, 0.25) is 0 Å². The summed E-state index contributed by atoms with van der Waals surface area (Å²) in [4.78, 5) is 37.4. The van der Waals surface area contributed by atoms with Gasteiger partial charge in [-0.2, -0.15) is 0 Å². The molecule has 6 nitrogen and oxygen atoms in total. The lowest BCUT2D eigenvalue weighted by Gasteiger charge is -2.18. The molecule has 0 unspecified atom stereocenters. The van der Waals surface area contributed by atoms with Crippen LogP contribution in [0.15, 0.2) is 41.3 Å². The normalized spacial score (nSPS) is 16.0. The van der Waals surface area contributed by atoms with Crippen LogP contribution in [0.1, 0.15) is 18.1 Å². The Balaban J connectivity index is 1.79. The second kappa shape index (κ2) is 9.72. The molecule has 0 N–H and O–H groups in total. The highest BCUT2D eigenvalue weighted by Crippen LogP contribution is 2.38. The fourth-order valence-corrected chi connectivity index (χ4v) is 4.35. The van der Waals surface area contributed by atoms with E-state index in [1.165, 1.54) is 44.4 Å². The van der Waals surface area contributed by atoms with Crippen molar-refractivity contribution in [2.75, 3.05) is 7.11 Å². The zero-order valence-electron chi connectivity index (χ0n) is 16.4. The van der Waals surface area contributed by atoms with E-state index in [-0.39, 0.29) is 33.1 Å². The molecule has 0 aromatic heterocycles. The second-order valence-corrected chi connectivity index (χ2v) is 8.29. The van der Waals surface area contributed by atoms with Crippen LogP contribution in [0, 0.1) is 5.82 Å². The highest BCUT2D eigenvalue weighted by molar-refractivity contribution is 8.18. The lowest BCUT2D eigenvalue weighted by atomic mass is 10.2. The lowest BCUT2D eigenvalue weighted by Crippen LogP contribution is -2.42. The first-order valence-electron chi connectivity index (χ1n) is 8.92. The third-order valence-corrected chi connectivity index (χ3v) is 5.79. The van der Waals surface area contributed by atoms with Gasteiger partial charge in [-0.05, 0) is 60.2 Å². The third-order valence-electron chi connectivity index (χ3n) is 4.34. The van der Waals surface area contributed by atoms with E-state index < -0.39 is 23.2 Å². The first-order chi connectivity index (χ1) is 14.7. The fraction of sp³-hybridized carbons (Fsp3) is 0.190. The number of benzene rings is 2. The van der Waals surface area contributed by atoms with Gasteiger partial charge >= 0.3 is 5.97 Å². The molecule has 31 heavy (non-hydrogen) atoms. The number of halogens is 3. The Kier molecular flexibility index (Phi) is 7.25. The van der Waals surface area contributed by atoms with Crippen molar-refractivity contribution in [1.29, 1.82) is 0 Å². The summed E-state index contributed by atoms with van der Waals surface area (Å²) in [5.41, 5.74) is 1.06.